The molecular weight excluding hydrogens is 468 g/mol. The Labute approximate surface area is 211 Å². The van der Waals surface area contributed by atoms with Gasteiger partial charge in [-0.3, -0.25) is 0 Å². The van der Waals surface area contributed by atoms with E-state index < -0.39 is 0 Å². The van der Waals surface area contributed by atoms with Crippen molar-refractivity contribution in [2.24, 2.45) is 21.7 Å². The minimum Gasteiger partial charge on any atom is -0.367 e. The zero-order chi connectivity index (χ0) is 24.7. The summed E-state index contributed by atoms with van der Waals surface area (Å²) in [5.74, 6) is 0. The van der Waals surface area contributed by atoms with E-state index in [0.29, 0.717) is 6.61 Å². The Morgan fingerprint density at radius 2 is 1.24 bits per heavy atom. The van der Waals surface area contributed by atoms with Gasteiger partial charge in [0.15, 0.2) is 0 Å². The van der Waals surface area contributed by atoms with Crippen molar-refractivity contribution in [1.29, 1.82) is 0 Å². The van der Waals surface area contributed by atoms with Gasteiger partial charge in [-0.15, -0.1) is 0 Å². The number of ether oxygens (including phenoxy) is 1. The summed E-state index contributed by atoms with van der Waals surface area (Å²) in [4.78, 5) is 0. The number of rotatable bonds is 4. The Morgan fingerprint density at radius 3 is 1.70 bits per heavy atom. The summed E-state index contributed by atoms with van der Waals surface area (Å²) in [5, 5.41) is 0. The van der Waals surface area contributed by atoms with Gasteiger partial charge in [0.25, 0.3) is 0 Å². The summed E-state index contributed by atoms with van der Waals surface area (Å²) in [7, 11) is 0. The molecule has 0 N–H and O–H groups in total. The van der Waals surface area contributed by atoms with Crippen molar-refractivity contribution in [2.75, 3.05) is 0 Å². The molecule has 1 nitrogen and oxygen atoms in total. The van der Waals surface area contributed by atoms with Gasteiger partial charge in [-0.2, -0.15) is 0 Å². The summed E-state index contributed by atoms with van der Waals surface area (Å²) in [6.45, 7) is 22.1. The lowest BCUT2D eigenvalue weighted by Crippen LogP contribution is -2.60. The molecule has 3 rings (SSSR count). The number of alkyl halides is 1. The third kappa shape index (κ3) is 4.89. The number of halogens is 1. The number of hydrogen-bond acceptors (Lipinski definition) is 1. The second-order valence-electron chi connectivity index (χ2n) is 12.9. The Kier molecular flexibility index (Phi) is 7.16. The second-order valence-corrected chi connectivity index (χ2v) is 14.3. The van der Waals surface area contributed by atoms with Crippen LogP contribution in [0.5, 0.6) is 0 Å². The average molecular weight is 512 g/mol. The van der Waals surface area contributed by atoms with E-state index in [1.807, 2.05) is 0 Å². The van der Waals surface area contributed by atoms with Gasteiger partial charge < -0.3 is 4.74 Å². The first-order valence-electron chi connectivity index (χ1n) is 12.3. The zero-order valence-corrected chi connectivity index (χ0v) is 23.7. The van der Waals surface area contributed by atoms with Crippen molar-refractivity contribution < 1.29 is 4.74 Å². The summed E-state index contributed by atoms with van der Waals surface area (Å²) in [6.07, 6.45) is 3.52. The smallest absolute Gasteiger partial charge is 0.0990 e. The highest BCUT2D eigenvalue weighted by molar-refractivity contribution is 9.10. The van der Waals surface area contributed by atoms with Crippen molar-refractivity contribution in [3.8, 4) is 0 Å². The van der Waals surface area contributed by atoms with Crippen molar-refractivity contribution in [2.45, 2.75) is 85.8 Å². The molecule has 33 heavy (non-hydrogen) atoms. The summed E-state index contributed by atoms with van der Waals surface area (Å²) >= 11 is 4.39. The Hall–Kier alpha value is -1.38. The standard InChI is InChI=1S/C31H43BrO/c1-27(2,3)30(28(4,5)6)20-25(24-18-14-11-15-19-24)26(31(32,22-30)29(7,8)9)33-21-23-16-12-10-13-17-23/h10-20,26H,21-22H2,1-9H3. The third-order valence-corrected chi connectivity index (χ3v) is 9.81. The molecule has 0 amide bonds. The number of benzene rings is 2. The summed E-state index contributed by atoms with van der Waals surface area (Å²) in [6, 6.07) is 21.4. The van der Waals surface area contributed by atoms with Gasteiger partial charge in [0.1, 0.15) is 0 Å². The molecule has 0 aliphatic heterocycles. The zero-order valence-electron chi connectivity index (χ0n) is 22.1. The highest BCUT2D eigenvalue weighted by Crippen LogP contribution is 2.66. The molecule has 2 unspecified atom stereocenters. The topological polar surface area (TPSA) is 9.23 Å². The van der Waals surface area contributed by atoms with Crippen LogP contribution < -0.4 is 0 Å². The molecule has 2 heteroatoms. The van der Waals surface area contributed by atoms with Gasteiger partial charge in [0, 0.05) is 5.41 Å². The third-order valence-electron chi connectivity index (χ3n) is 7.93. The van der Waals surface area contributed by atoms with Crippen LogP contribution in [0.15, 0.2) is 66.7 Å². The predicted octanol–water partition coefficient (Wildman–Crippen LogP) is 9.32. The van der Waals surface area contributed by atoms with Gasteiger partial charge in [-0.05, 0) is 39.4 Å². The normalized spacial score (nSPS) is 23.8. The van der Waals surface area contributed by atoms with Gasteiger partial charge in [-0.25, -0.2) is 0 Å². The molecule has 0 saturated carbocycles. The summed E-state index contributed by atoms with van der Waals surface area (Å²) in [5.41, 5.74) is 3.84. The molecule has 0 aromatic heterocycles. The van der Waals surface area contributed by atoms with Crippen LogP contribution in [0.4, 0.5) is 0 Å². The van der Waals surface area contributed by atoms with Gasteiger partial charge in [0.2, 0.25) is 0 Å². The molecule has 0 fully saturated rings. The SMILES string of the molecule is CC(C)(C)C1(Br)CC(C(C)(C)C)(C(C)(C)C)C=C(c2ccccc2)C1OCc1ccccc1. The van der Waals surface area contributed by atoms with Crippen molar-refractivity contribution >= 4 is 21.5 Å². The minimum atomic E-state index is -0.241. The van der Waals surface area contributed by atoms with Crippen LogP contribution in [-0.4, -0.2) is 10.4 Å². The Bertz CT molecular complexity index is 940. The molecular formula is C31H43BrO. The lowest BCUT2D eigenvalue weighted by atomic mass is 9.46. The van der Waals surface area contributed by atoms with Crippen LogP contribution in [0.25, 0.3) is 5.57 Å². The van der Waals surface area contributed by atoms with Gasteiger partial charge in [0.05, 0.1) is 17.0 Å². The lowest BCUT2D eigenvalue weighted by molar-refractivity contribution is -0.0595. The molecule has 1 aliphatic carbocycles. The average Bonchev–Trinajstić information content (AvgIpc) is 2.71. The largest absolute Gasteiger partial charge is 0.367 e. The Balaban J connectivity index is 2.27. The van der Waals surface area contributed by atoms with Crippen molar-refractivity contribution in [3.05, 3.63) is 77.9 Å². The van der Waals surface area contributed by atoms with E-state index in [2.05, 4.69) is 145 Å². The van der Waals surface area contributed by atoms with Crippen molar-refractivity contribution in [1.82, 2.24) is 0 Å². The van der Waals surface area contributed by atoms with Gasteiger partial charge >= 0.3 is 0 Å². The monoisotopic (exact) mass is 510 g/mol. The van der Waals surface area contributed by atoms with E-state index in [1.165, 1.54) is 16.7 Å². The molecule has 2 aromatic carbocycles. The van der Waals surface area contributed by atoms with E-state index in [9.17, 15) is 0 Å². The second kappa shape index (κ2) is 9.00. The van der Waals surface area contributed by atoms with Crippen LogP contribution in [-0.2, 0) is 11.3 Å². The molecule has 0 heterocycles. The van der Waals surface area contributed by atoms with Crippen LogP contribution in [0.1, 0.15) is 79.9 Å². The predicted molar refractivity (Wildman–Crippen MR) is 147 cm³/mol. The van der Waals surface area contributed by atoms with Gasteiger partial charge in [-0.1, -0.05) is 145 Å². The van der Waals surface area contributed by atoms with E-state index in [0.717, 1.165) is 6.42 Å². The van der Waals surface area contributed by atoms with Crippen LogP contribution in [0.2, 0.25) is 0 Å². The fourth-order valence-electron chi connectivity index (χ4n) is 5.72. The molecule has 0 radical (unpaired) electrons. The van der Waals surface area contributed by atoms with E-state index in [-0.39, 0.29) is 32.1 Å². The summed E-state index contributed by atoms with van der Waals surface area (Å²) < 4.78 is 6.64. The van der Waals surface area contributed by atoms with E-state index in [4.69, 9.17) is 4.74 Å². The highest BCUT2D eigenvalue weighted by Gasteiger charge is 2.61. The van der Waals surface area contributed by atoms with E-state index in [1.54, 1.807) is 0 Å². The van der Waals surface area contributed by atoms with Crippen LogP contribution >= 0.6 is 15.9 Å². The molecule has 0 bridgehead atoms. The quantitative estimate of drug-likeness (QED) is 0.372. The first kappa shape index (κ1) is 26.2. The van der Waals surface area contributed by atoms with Crippen LogP contribution in [0, 0.1) is 21.7 Å². The minimum absolute atomic E-state index is 0.0234. The molecule has 0 spiro atoms. The van der Waals surface area contributed by atoms with Crippen LogP contribution in [0.3, 0.4) is 0 Å². The fourth-order valence-corrected chi connectivity index (χ4v) is 6.55. The lowest BCUT2D eigenvalue weighted by Gasteiger charge is -2.62. The molecule has 2 aromatic rings. The number of hydrogen-bond donors (Lipinski definition) is 0. The fraction of sp³-hybridized carbons (Fsp3) is 0.548. The maximum absolute atomic E-state index is 6.88. The molecule has 1 aliphatic rings. The molecule has 180 valence electrons. The highest BCUT2D eigenvalue weighted by atomic mass is 79.9. The Morgan fingerprint density at radius 1 is 0.758 bits per heavy atom. The number of allylic oxidation sites excluding steroid dienone is 1. The first-order valence-corrected chi connectivity index (χ1v) is 13.0. The maximum Gasteiger partial charge on any atom is 0.0990 e. The van der Waals surface area contributed by atoms with Crippen molar-refractivity contribution in [3.63, 3.8) is 0 Å². The van der Waals surface area contributed by atoms with E-state index >= 15 is 0 Å². The maximum atomic E-state index is 6.88. The first-order chi connectivity index (χ1) is 15.1. The molecule has 2 atom stereocenters. The molecule has 0 saturated heterocycles.